The minimum Gasteiger partial charge on any atom is -0.278 e. The lowest BCUT2D eigenvalue weighted by Crippen LogP contribution is -2.03. The molecule has 0 atom stereocenters. The summed E-state index contributed by atoms with van der Waals surface area (Å²) in [6.07, 6.45) is 0. The second-order valence-corrected chi connectivity index (χ2v) is 9.48. The number of hydrogen-bond acceptors (Lipinski definition) is 2. The van der Waals surface area contributed by atoms with E-state index in [2.05, 4.69) is 109 Å². The molecule has 6 aromatic carbocycles. The van der Waals surface area contributed by atoms with Gasteiger partial charge in [-0.15, -0.1) is 0 Å². The predicted molar refractivity (Wildman–Crippen MR) is 151 cm³/mol. The molecule has 3 heteroatoms. The molecule has 0 spiro atoms. The second kappa shape index (κ2) is 7.12. The largest absolute Gasteiger partial charge is 0.278 e. The molecule has 3 nitrogen and oxygen atoms in total. The van der Waals surface area contributed by atoms with Crippen LogP contribution in [-0.4, -0.2) is 14.5 Å². The zero-order chi connectivity index (χ0) is 23.8. The first-order valence-electron chi connectivity index (χ1n) is 12.3. The van der Waals surface area contributed by atoms with E-state index in [0.717, 1.165) is 27.6 Å². The van der Waals surface area contributed by atoms with Gasteiger partial charge >= 0.3 is 0 Å². The van der Waals surface area contributed by atoms with Gasteiger partial charge in [0.05, 0.1) is 22.2 Å². The molecule has 0 bridgehead atoms. The van der Waals surface area contributed by atoms with E-state index in [1.54, 1.807) is 0 Å². The van der Waals surface area contributed by atoms with E-state index in [0.29, 0.717) is 5.95 Å². The van der Waals surface area contributed by atoms with Gasteiger partial charge in [-0.3, -0.25) is 4.57 Å². The average molecular weight is 460 g/mol. The van der Waals surface area contributed by atoms with E-state index < -0.39 is 0 Å². The molecule has 0 aliphatic heterocycles. The molecule has 2 heterocycles. The maximum atomic E-state index is 5.00. The Bertz CT molecular complexity index is 2170. The van der Waals surface area contributed by atoms with Crippen molar-refractivity contribution in [3.8, 4) is 5.95 Å². The first-order valence-corrected chi connectivity index (χ1v) is 12.3. The monoisotopic (exact) mass is 459 g/mol. The van der Waals surface area contributed by atoms with E-state index in [-0.39, 0.29) is 0 Å². The third-order valence-electron chi connectivity index (χ3n) is 7.52. The maximum Gasteiger partial charge on any atom is 0.235 e. The topological polar surface area (TPSA) is 30.7 Å². The van der Waals surface area contributed by atoms with Crippen molar-refractivity contribution < 1.29 is 0 Å². The minimum atomic E-state index is 0.711. The van der Waals surface area contributed by atoms with Gasteiger partial charge in [-0.1, -0.05) is 91.0 Å². The van der Waals surface area contributed by atoms with Crippen molar-refractivity contribution in [2.24, 2.45) is 0 Å². The van der Waals surface area contributed by atoms with E-state index in [4.69, 9.17) is 9.97 Å². The van der Waals surface area contributed by atoms with E-state index in [1.807, 2.05) is 12.1 Å². The third kappa shape index (κ3) is 2.57. The van der Waals surface area contributed by atoms with Crippen molar-refractivity contribution >= 4 is 65.0 Å². The zero-order valence-corrected chi connectivity index (χ0v) is 19.7. The summed E-state index contributed by atoms with van der Waals surface area (Å²) in [5.41, 5.74) is 4.19. The number of aromatic nitrogens is 3. The quantitative estimate of drug-likeness (QED) is 0.230. The van der Waals surface area contributed by atoms with E-state index in [1.165, 1.54) is 43.1 Å². The Morgan fingerprint density at radius 3 is 2.06 bits per heavy atom. The number of hydrogen-bond donors (Lipinski definition) is 0. The van der Waals surface area contributed by atoms with Gasteiger partial charge in [0, 0.05) is 16.2 Å². The first-order chi connectivity index (χ1) is 17.8. The summed E-state index contributed by atoms with van der Waals surface area (Å²) in [6.45, 7) is 2.06. The second-order valence-electron chi connectivity index (χ2n) is 9.48. The lowest BCUT2D eigenvalue weighted by Gasteiger charge is -2.11. The summed E-state index contributed by atoms with van der Waals surface area (Å²) in [7, 11) is 0. The van der Waals surface area contributed by atoms with Crippen molar-refractivity contribution in [3.63, 3.8) is 0 Å². The molecule has 0 fully saturated rings. The van der Waals surface area contributed by atoms with Crippen molar-refractivity contribution in [2.45, 2.75) is 6.92 Å². The molecule has 0 aliphatic carbocycles. The van der Waals surface area contributed by atoms with Gasteiger partial charge in [0.2, 0.25) is 5.95 Å². The molecular formula is C33H21N3. The Morgan fingerprint density at radius 1 is 0.472 bits per heavy atom. The normalized spacial score (nSPS) is 12.0. The van der Waals surface area contributed by atoms with Crippen LogP contribution in [-0.2, 0) is 0 Å². The molecule has 0 unspecified atom stereocenters. The van der Waals surface area contributed by atoms with Gasteiger partial charge in [-0.2, -0.15) is 0 Å². The number of aryl methyl sites for hydroxylation is 1. The van der Waals surface area contributed by atoms with Crippen LogP contribution in [0.3, 0.4) is 0 Å². The highest BCUT2D eigenvalue weighted by atomic mass is 15.2. The van der Waals surface area contributed by atoms with Gasteiger partial charge in [-0.25, -0.2) is 9.97 Å². The third-order valence-corrected chi connectivity index (χ3v) is 7.52. The van der Waals surface area contributed by atoms with E-state index >= 15 is 0 Å². The Hall–Kier alpha value is -4.76. The number of fused-ring (bicyclic) bond motifs is 10. The molecule has 36 heavy (non-hydrogen) atoms. The summed E-state index contributed by atoms with van der Waals surface area (Å²) < 4.78 is 2.22. The lowest BCUT2D eigenvalue weighted by molar-refractivity contribution is 0.989. The molecule has 0 aliphatic rings. The summed E-state index contributed by atoms with van der Waals surface area (Å²) in [6, 6.07) is 39.0. The zero-order valence-electron chi connectivity index (χ0n) is 19.7. The smallest absolute Gasteiger partial charge is 0.235 e. The van der Waals surface area contributed by atoms with Crippen molar-refractivity contribution in [2.75, 3.05) is 0 Å². The van der Waals surface area contributed by atoms with Crippen LogP contribution in [0, 0.1) is 6.92 Å². The molecule has 8 rings (SSSR count). The SMILES string of the molecule is Cc1nc(-n2c3ccccc3c3c4ccc5ccc6ccccc6c5c4ccc32)nc2ccccc12. The highest BCUT2D eigenvalue weighted by Crippen LogP contribution is 2.40. The standard InChI is InChI=1S/C33H21N3/c1-20-23-9-4-6-12-28(23)35-33(34-20)36-29-13-7-5-11-27(29)32-26-17-16-22-15-14-21-8-2-3-10-24(21)31(22)25(26)18-19-30(32)36/h2-19H,1H3. The van der Waals surface area contributed by atoms with Gasteiger partial charge in [0.1, 0.15) is 0 Å². The van der Waals surface area contributed by atoms with Crippen LogP contribution in [0.5, 0.6) is 0 Å². The Morgan fingerprint density at radius 2 is 1.14 bits per heavy atom. The molecule has 2 aromatic heterocycles. The fraction of sp³-hybridized carbons (Fsp3) is 0.0303. The van der Waals surface area contributed by atoms with Crippen LogP contribution >= 0.6 is 0 Å². The van der Waals surface area contributed by atoms with Gasteiger partial charge in [-0.05, 0) is 57.4 Å². The van der Waals surface area contributed by atoms with Crippen LogP contribution in [0.15, 0.2) is 109 Å². The summed E-state index contributed by atoms with van der Waals surface area (Å²) in [5.74, 6) is 0.711. The molecule has 8 aromatic rings. The fourth-order valence-electron chi connectivity index (χ4n) is 5.91. The Labute approximate surface area is 207 Å². The average Bonchev–Trinajstić information content (AvgIpc) is 3.27. The molecule has 168 valence electrons. The minimum absolute atomic E-state index is 0.711. The van der Waals surface area contributed by atoms with Crippen LogP contribution in [0.1, 0.15) is 5.69 Å². The lowest BCUT2D eigenvalue weighted by atomic mass is 9.94. The van der Waals surface area contributed by atoms with Gasteiger partial charge in [0.25, 0.3) is 0 Å². The molecule has 0 N–H and O–H groups in total. The number of para-hydroxylation sites is 2. The van der Waals surface area contributed by atoms with Crippen LogP contribution in [0.2, 0.25) is 0 Å². The molecule has 0 radical (unpaired) electrons. The highest BCUT2D eigenvalue weighted by molar-refractivity contribution is 6.29. The van der Waals surface area contributed by atoms with Crippen molar-refractivity contribution in [3.05, 3.63) is 115 Å². The van der Waals surface area contributed by atoms with Gasteiger partial charge in [0.15, 0.2) is 0 Å². The summed E-state index contributed by atoms with van der Waals surface area (Å²) >= 11 is 0. The van der Waals surface area contributed by atoms with Crippen molar-refractivity contribution in [1.29, 1.82) is 0 Å². The Balaban J connectivity index is 1.56. The number of rotatable bonds is 1. The van der Waals surface area contributed by atoms with Crippen LogP contribution in [0.25, 0.3) is 71.0 Å². The molecule has 0 saturated heterocycles. The highest BCUT2D eigenvalue weighted by Gasteiger charge is 2.18. The predicted octanol–water partition coefficient (Wildman–Crippen LogP) is 8.49. The summed E-state index contributed by atoms with van der Waals surface area (Å²) in [5, 5.41) is 11.2. The molecular weight excluding hydrogens is 438 g/mol. The maximum absolute atomic E-state index is 5.00. The van der Waals surface area contributed by atoms with E-state index in [9.17, 15) is 0 Å². The first kappa shape index (κ1) is 19.5. The van der Waals surface area contributed by atoms with Crippen LogP contribution < -0.4 is 0 Å². The Kier molecular flexibility index (Phi) is 3.87. The number of benzene rings is 6. The molecule has 0 amide bonds. The number of nitrogens with zero attached hydrogens (tertiary/aromatic N) is 3. The summed E-state index contributed by atoms with van der Waals surface area (Å²) in [4.78, 5) is 9.97. The van der Waals surface area contributed by atoms with Crippen LogP contribution in [0.4, 0.5) is 0 Å². The van der Waals surface area contributed by atoms with Gasteiger partial charge < -0.3 is 0 Å². The fourth-order valence-corrected chi connectivity index (χ4v) is 5.91. The van der Waals surface area contributed by atoms with Crippen molar-refractivity contribution in [1.82, 2.24) is 14.5 Å². The molecule has 0 saturated carbocycles.